The van der Waals surface area contributed by atoms with Crippen molar-refractivity contribution in [3.8, 4) is 0 Å². The largest absolute Gasteiger partial charge is 0.307 e. The van der Waals surface area contributed by atoms with Crippen LogP contribution in [0.5, 0.6) is 0 Å². The fraction of sp³-hybridized carbons (Fsp3) is 0.240. The number of hydrogen-bond acceptors (Lipinski definition) is 3. The van der Waals surface area contributed by atoms with Crippen LogP contribution < -0.4 is 9.21 Å². The summed E-state index contributed by atoms with van der Waals surface area (Å²) in [4.78, 5) is 15.3. The summed E-state index contributed by atoms with van der Waals surface area (Å²) in [5.74, 6) is -0.280. The molecule has 3 aromatic rings. The number of amides is 1. The lowest BCUT2D eigenvalue weighted by molar-refractivity contribution is -0.117. The molecule has 7 heteroatoms. The second kappa shape index (κ2) is 8.60. The molecule has 1 atom stereocenters. The summed E-state index contributed by atoms with van der Waals surface area (Å²) in [7, 11) is -4.00. The van der Waals surface area contributed by atoms with Crippen LogP contribution in [0.3, 0.4) is 0 Å². The molecule has 5 nitrogen and oxygen atoms in total. The Morgan fingerprint density at radius 2 is 1.72 bits per heavy atom. The highest BCUT2D eigenvalue weighted by molar-refractivity contribution is 7.92. The molecule has 3 aromatic carbocycles. The highest BCUT2D eigenvalue weighted by Gasteiger charge is 2.35. The first-order valence-corrected chi connectivity index (χ1v) is 12.3. The van der Waals surface area contributed by atoms with E-state index >= 15 is 0 Å². The molecule has 32 heavy (non-hydrogen) atoms. The summed E-state index contributed by atoms with van der Waals surface area (Å²) in [6, 6.07) is 19.4. The van der Waals surface area contributed by atoms with Gasteiger partial charge < -0.3 is 4.90 Å². The van der Waals surface area contributed by atoms with Crippen LogP contribution in [-0.2, 0) is 21.2 Å². The first kappa shape index (κ1) is 22.4. The smallest absolute Gasteiger partial charge is 0.264 e. The number of aryl methyl sites for hydroxylation is 1. The summed E-state index contributed by atoms with van der Waals surface area (Å²) in [6.45, 7) is 5.30. The van der Waals surface area contributed by atoms with Gasteiger partial charge in [0, 0.05) is 16.8 Å². The van der Waals surface area contributed by atoms with E-state index in [-0.39, 0.29) is 23.4 Å². The zero-order valence-corrected chi connectivity index (χ0v) is 19.8. The fourth-order valence-corrected chi connectivity index (χ4v) is 5.79. The number of nitrogens with zero attached hydrogens (tertiary/aromatic N) is 2. The minimum atomic E-state index is -4.00. The third-order valence-electron chi connectivity index (χ3n) is 5.87. The van der Waals surface area contributed by atoms with E-state index in [0.29, 0.717) is 16.3 Å². The number of carbonyl (C=O) groups is 1. The number of halogens is 1. The van der Waals surface area contributed by atoms with Crippen LogP contribution >= 0.6 is 11.6 Å². The molecule has 4 rings (SSSR count). The number of benzene rings is 3. The fourth-order valence-electron chi connectivity index (χ4n) is 4.15. The molecule has 0 saturated heterocycles. The second-order valence-corrected chi connectivity index (χ2v) is 10.4. The minimum Gasteiger partial charge on any atom is -0.307 e. The number of carbonyl (C=O) groups excluding carboxylic acids is 1. The van der Waals surface area contributed by atoms with Gasteiger partial charge in [0.2, 0.25) is 5.91 Å². The van der Waals surface area contributed by atoms with Crippen molar-refractivity contribution in [2.45, 2.75) is 38.1 Å². The molecule has 1 aliphatic heterocycles. The third kappa shape index (κ3) is 4.00. The molecule has 0 spiro atoms. The van der Waals surface area contributed by atoms with Crippen molar-refractivity contribution in [2.75, 3.05) is 15.7 Å². The molecule has 0 fully saturated rings. The minimum absolute atomic E-state index is 0.0516. The number of sulfonamides is 1. The first-order chi connectivity index (χ1) is 15.2. The first-order valence-electron chi connectivity index (χ1n) is 10.4. The van der Waals surface area contributed by atoms with E-state index in [2.05, 4.69) is 0 Å². The molecule has 166 valence electrons. The maximum absolute atomic E-state index is 13.7. The Bertz CT molecular complexity index is 1270. The monoisotopic (exact) mass is 468 g/mol. The predicted octanol–water partition coefficient (Wildman–Crippen LogP) is 5.13. The molecule has 1 amide bonds. The van der Waals surface area contributed by atoms with Crippen molar-refractivity contribution >= 4 is 38.9 Å². The molecule has 1 heterocycles. The number of fused-ring (bicyclic) bond motifs is 1. The van der Waals surface area contributed by atoms with Crippen molar-refractivity contribution in [3.05, 3.63) is 88.4 Å². The summed E-state index contributed by atoms with van der Waals surface area (Å²) in [5, 5.41) is 0.443. The third-order valence-corrected chi connectivity index (χ3v) is 8.06. The molecule has 1 aliphatic rings. The molecule has 0 bridgehead atoms. The van der Waals surface area contributed by atoms with Crippen molar-refractivity contribution < 1.29 is 13.2 Å². The Labute approximate surface area is 194 Å². The topological polar surface area (TPSA) is 57.7 Å². The molecule has 0 N–H and O–H groups in total. The molecular formula is C25H25ClN2O3S. The molecule has 0 saturated carbocycles. The molecule has 0 radical (unpaired) electrons. The van der Waals surface area contributed by atoms with Gasteiger partial charge in [-0.15, -0.1) is 0 Å². The van der Waals surface area contributed by atoms with Gasteiger partial charge in [0.15, 0.2) is 0 Å². The number of para-hydroxylation sites is 1. The Hall–Kier alpha value is -2.83. The van der Waals surface area contributed by atoms with E-state index in [4.69, 9.17) is 11.6 Å². The van der Waals surface area contributed by atoms with Crippen molar-refractivity contribution in [1.29, 1.82) is 0 Å². The number of rotatable bonds is 5. The SMILES string of the molecule is Cc1ccc(S(=O)(=O)N(CC(=O)N2c3ccccc3CC2C)c2cccc(Cl)c2C)cc1. The number of anilines is 2. The van der Waals surface area contributed by atoms with Crippen molar-refractivity contribution in [3.63, 3.8) is 0 Å². The molecule has 0 aromatic heterocycles. The van der Waals surface area contributed by atoms with E-state index in [1.54, 1.807) is 54.3 Å². The summed E-state index contributed by atoms with van der Waals surface area (Å²) < 4.78 is 28.6. The molecule has 1 unspecified atom stereocenters. The van der Waals surface area contributed by atoms with Gasteiger partial charge in [0.25, 0.3) is 10.0 Å². The van der Waals surface area contributed by atoms with E-state index < -0.39 is 10.0 Å². The van der Waals surface area contributed by atoms with Gasteiger partial charge in [0.05, 0.1) is 10.6 Å². The molecular weight excluding hydrogens is 444 g/mol. The average Bonchev–Trinajstić information content (AvgIpc) is 3.10. The highest BCUT2D eigenvalue weighted by atomic mass is 35.5. The van der Waals surface area contributed by atoms with Crippen LogP contribution in [-0.4, -0.2) is 26.9 Å². The summed E-state index contributed by atoms with van der Waals surface area (Å²) in [6.07, 6.45) is 0.739. The maximum atomic E-state index is 13.7. The maximum Gasteiger partial charge on any atom is 0.264 e. The lowest BCUT2D eigenvalue weighted by Crippen LogP contribution is -2.45. The quantitative estimate of drug-likeness (QED) is 0.521. The lowest BCUT2D eigenvalue weighted by Gasteiger charge is -2.30. The Kier molecular flexibility index (Phi) is 6.01. The van der Waals surface area contributed by atoms with Crippen LogP contribution in [0.2, 0.25) is 5.02 Å². The molecule has 0 aliphatic carbocycles. The number of hydrogen-bond donors (Lipinski definition) is 0. The van der Waals surface area contributed by atoms with Gasteiger partial charge in [-0.3, -0.25) is 9.10 Å². The zero-order valence-electron chi connectivity index (χ0n) is 18.2. The standard InChI is InChI=1S/C25H25ClN2O3S/c1-17-11-13-21(14-12-17)32(30,31)27(23-10-6-8-22(26)19(23)3)16-25(29)28-18(2)15-20-7-4-5-9-24(20)28/h4-14,18H,15-16H2,1-3H3. The van der Waals surface area contributed by atoms with Crippen LogP contribution in [0.15, 0.2) is 71.6 Å². The summed E-state index contributed by atoms with van der Waals surface area (Å²) >= 11 is 6.31. The highest BCUT2D eigenvalue weighted by Crippen LogP contribution is 2.34. The Morgan fingerprint density at radius 3 is 2.44 bits per heavy atom. The van der Waals surface area contributed by atoms with Gasteiger partial charge >= 0.3 is 0 Å². The van der Waals surface area contributed by atoms with Gasteiger partial charge in [-0.2, -0.15) is 0 Å². The second-order valence-electron chi connectivity index (χ2n) is 8.15. The van der Waals surface area contributed by atoms with Crippen molar-refractivity contribution in [1.82, 2.24) is 0 Å². The van der Waals surface area contributed by atoms with E-state index in [0.717, 1.165) is 23.2 Å². The predicted molar refractivity (Wildman–Crippen MR) is 129 cm³/mol. The van der Waals surface area contributed by atoms with Gasteiger partial charge in [-0.25, -0.2) is 8.42 Å². The van der Waals surface area contributed by atoms with Crippen molar-refractivity contribution in [2.24, 2.45) is 0 Å². The normalized spacial score (nSPS) is 15.5. The van der Waals surface area contributed by atoms with Gasteiger partial charge in [-0.1, -0.05) is 53.6 Å². The van der Waals surface area contributed by atoms with E-state index in [1.807, 2.05) is 38.1 Å². The van der Waals surface area contributed by atoms with E-state index in [9.17, 15) is 13.2 Å². The lowest BCUT2D eigenvalue weighted by atomic mass is 10.1. The summed E-state index contributed by atoms with van der Waals surface area (Å²) in [5.41, 5.74) is 3.87. The van der Waals surface area contributed by atoms with Gasteiger partial charge in [0.1, 0.15) is 6.54 Å². The van der Waals surface area contributed by atoms with Crippen LogP contribution in [0.4, 0.5) is 11.4 Å². The average molecular weight is 469 g/mol. The van der Waals surface area contributed by atoms with Crippen LogP contribution in [0.1, 0.15) is 23.6 Å². The Balaban J connectivity index is 1.78. The van der Waals surface area contributed by atoms with Crippen LogP contribution in [0, 0.1) is 13.8 Å². The van der Waals surface area contributed by atoms with E-state index in [1.165, 1.54) is 4.31 Å². The Morgan fingerprint density at radius 1 is 1.03 bits per heavy atom. The van der Waals surface area contributed by atoms with Gasteiger partial charge in [-0.05, 0) is 68.7 Å². The van der Waals surface area contributed by atoms with Crippen LogP contribution in [0.25, 0.3) is 0 Å². The zero-order chi connectivity index (χ0) is 23.0.